The van der Waals surface area contributed by atoms with Gasteiger partial charge in [-0.3, -0.25) is 0 Å². The van der Waals surface area contributed by atoms with Crippen LogP contribution in [-0.4, -0.2) is 20.3 Å². The number of para-hydroxylation sites is 1. The van der Waals surface area contributed by atoms with Crippen LogP contribution in [0.3, 0.4) is 0 Å². The van der Waals surface area contributed by atoms with Crippen LogP contribution in [-0.2, 0) is 0 Å². The van der Waals surface area contributed by atoms with Crippen molar-refractivity contribution in [2.45, 2.75) is 6.92 Å². The zero-order chi connectivity index (χ0) is 17.0. The molecule has 1 aliphatic rings. The molecular formula is C20H15N5. The standard InChI is InChI=1S/C20H15N5/c1-12-5-4-6-13(11-12)17-15-9-10-25-19(15)18(23-20(21)24-25)14-7-2-3-8-16(14)22-17/h2-11H,1H3,(H2,21,24). The Hall–Kier alpha value is -3.47. The van der Waals surface area contributed by atoms with Crippen LogP contribution in [0.5, 0.6) is 0 Å². The molecule has 120 valence electrons. The summed E-state index contributed by atoms with van der Waals surface area (Å²) < 4.78 is 1.79. The fraction of sp³-hybridized carbons (Fsp3) is 0.0500. The van der Waals surface area contributed by atoms with E-state index in [0.717, 1.165) is 39.3 Å². The molecule has 0 radical (unpaired) electrons. The Bertz CT molecular complexity index is 1170. The SMILES string of the molecule is Cc1cccc(C2=Nc3ccccc3-c3nc(N)nn4ccc2c34)c1. The molecule has 2 aromatic carbocycles. The van der Waals surface area contributed by atoms with Gasteiger partial charge in [0.05, 0.1) is 11.4 Å². The maximum Gasteiger partial charge on any atom is 0.238 e. The Morgan fingerprint density at radius 2 is 1.84 bits per heavy atom. The molecule has 0 saturated carbocycles. The topological polar surface area (TPSA) is 68.6 Å². The van der Waals surface area contributed by atoms with Crippen LogP contribution < -0.4 is 5.73 Å². The molecule has 2 aromatic heterocycles. The highest BCUT2D eigenvalue weighted by atomic mass is 15.3. The zero-order valence-corrected chi connectivity index (χ0v) is 13.6. The molecule has 0 atom stereocenters. The van der Waals surface area contributed by atoms with Gasteiger partial charge in [0.15, 0.2) is 0 Å². The monoisotopic (exact) mass is 325 g/mol. The number of nitrogens with two attached hydrogens (primary N) is 1. The summed E-state index contributed by atoms with van der Waals surface area (Å²) in [5, 5.41) is 4.33. The molecule has 0 aliphatic carbocycles. The summed E-state index contributed by atoms with van der Waals surface area (Å²) in [5.74, 6) is 0.249. The van der Waals surface area contributed by atoms with Gasteiger partial charge in [-0.2, -0.15) is 0 Å². The number of aliphatic imine (C=N–C) groups is 1. The van der Waals surface area contributed by atoms with Crippen molar-refractivity contribution in [2.75, 3.05) is 5.73 Å². The van der Waals surface area contributed by atoms with E-state index >= 15 is 0 Å². The van der Waals surface area contributed by atoms with Crippen LogP contribution >= 0.6 is 0 Å². The van der Waals surface area contributed by atoms with Crippen LogP contribution in [0, 0.1) is 6.92 Å². The van der Waals surface area contributed by atoms with Gasteiger partial charge in [0.2, 0.25) is 5.95 Å². The molecule has 5 rings (SSSR count). The highest BCUT2D eigenvalue weighted by Gasteiger charge is 2.23. The lowest BCUT2D eigenvalue weighted by Gasteiger charge is -2.06. The van der Waals surface area contributed by atoms with Crippen molar-refractivity contribution in [2.24, 2.45) is 4.99 Å². The molecule has 0 amide bonds. The van der Waals surface area contributed by atoms with Crippen molar-refractivity contribution in [1.29, 1.82) is 0 Å². The first-order valence-electron chi connectivity index (χ1n) is 8.11. The molecule has 1 aliphatic heterocycles. The molecular weight excluding hydrogens is 310 g/mol. The molecule has 25 heavy (non-hydrogen) atoms. The van der Waals surface area contributed by atoms with Gasteiger partial charge >= 0.3 is 0 Å². The second kappa shape index (κ2) is 5.01. The van der Waals surface area contributed by atoms with Crippen molar-refractivity contribution in [3.05, 3.63) is 77.5 Å². The molecule has 0 unspecified atom stereocenters. The minimum absolute atomic E-state index is 0.249. The Kier molecular flexibility index (Phi) is 2.79. The fourth-order valence-corrected chi connectivity index (χ4v) is 3.38. The van der Waals surface area contributed by atoms with Gasteiger partial charge in [-0.15, -0.1) is 5.10 Å². The highest BCUT2D eigenvalue weighted by Crippen LogP contribution is 2.38. The normalized spacial score (nSPS) is 12.6. The van der Waals surface area contributed by atoms with E-state index in [4.69, 9.17) is 10.7 Å². The van der Waals surface area contributed by atoms with Gasteiger partial charge in [0.1, 0.15) is 11.2 Å². The highest BCUT2D eigenvalue weighted by molar-refractivity contribution is 6.20. The molecule has 0 fully saturated rings. The quantitative estimate of drug-likeness (QED) is 0.510. The summed E-state index contributed by atoms with van der Waals surface area (Å²) in [7, 11) is 0. The van der Waals surface area contributed by atoms with E-state index in [0.29, 0.717) is 0 Å². The third kappa shape index (κ3) is 2.06. The predicted octanol–water partition coefficient (Wildman–Crippen LogP) is 3.77. The number of nitrogen functional groups attached to an aromatic ring is 1. The minimum atomic E-state index is 0.249. The number of benzene rings is 2. The van der Waals surface area contributed by atoms with E-state index in [1.165, 1.54) is 5.56 Å². The first-order chi connectivity index (χ1) is 12.2. The fourth-order valence-electron chi connectivity index (χ4n) is 3.38. The van der Waals surface area contributed by atoms with Crippen molar-refractivity contribution in [1.82, 2.24) is 14.6 Å². The average molecular weight is 325 g/mol. The van der Waals surface area contributed by atoms with Crippen LogP contribution in [0.25, 0.3) is 16.8 Å². The van der Waals surface area contributed by atoms with Crippen molar-refractivity contribution >= 4 is 22.9 Å². The van der Waals surface area contributed by atoms with Crippen LogP contribution in [0.1, 0.15) is 16.7 Å². The first-order valence-corrected chi connectivity index (χ1v) is 8.11. The largest absolute Gasteiger partial charge is 0.367 e. The zero-order valence-electron chi connectivity index (χ0n) is 13.6. The number of hydrogen-bond donors (Lipinski definition) is 1. The molecule has 2 N–H and O–H groups in total. The summed E-state index contributed by atoms with van der Waals surface area (Å²) in [6.07, 6.45) is 1.91. The number of aryl methyl sites for hydroxylation is 1. The van der Waals surface area contributed by atoms with E-state index in [9.17, 15) is 0 Å². The summed E-state index contributed by atoms with van der Waals surface area (Å²) in [6.45, 7) is 2.09. The average Bonchev–Trinajstić information content (AvgIpc) is 2.96. The van der Waals surface area contributed by atoms with Gasteiger partial charge in [-0.05, 0) is 25.1 Å². The van der Waals surface area contributed by atoms with Gasteiger partial charge < -0.3 is 5.73 Å². The lowest BCUT2D eigenvalue weighted by atomic mass is 10.0. The summed E-state index contributed by atoms with van der Waals surface area (Å²) in [6, 6.07) is 18.4. The Morgan fingerprint density at radius 1 is 0.960 bits per heavy atom. The van der Waals surface area contributed by atoms with Crippen molar-refractivity contribution in [3.63, 3.8) is 0 Å². The van der Waals surface area contributed by atoms with Gasteiger partial charge in [0.25, 0.3) is 0 Å². The number of aromatic nitrogens is 3. The van der Waals surface area contributed by atoms with Crippen molar-refractivity contribution < 1.29 is 0 Å². The van der Waals surface area contributed by atoms with Crippen LogP contribution in [0.15, 0.2) is 65.8 Å². The van der Waals surface area contributed by atoms with E-state index in [1.807, 2.05) is 36.5 Å². The Balaban J connectivity index is 1.93. The number of anilines is 1. The third-order valence-corrected chi connectivity index (χ3v) is 4.47. The Labute approximate surface area is 144 Å². The summed E-state index contributed by atoms with van der Waals surface area (Å²) >= 11 is 0. The molecule has 5 nitrogen and oxygen atoms in total. The number of fused-ring (bicyclic) bond motifs is 2. The van der Waals surface area contributed by atoms with Gasteiger partial charge in [-0.1, -0.05) is 42.0 Å². The predicted molar refractivity (Wildman–Crippen MR) is 99.3 cm³/mol. The van der Waals surface area contributed by atoms with E-state index in [2.05, 4.69) is 41.3 Å². The Morgan fingerprint density at radius 3 is 2.72 bits per heavy atom. The van der Waals surface area contributed by atoms with Gasteiger partial charge in [-0.25, -0.2) is 14.5 Å². The first kappa shape index (κ1) is 13.9. The number of nitrogens with zero attached hydrogens (tertiary/aromatic N) is 4. The maximum atomic E-state index is 5.93. The molecule has 3 heterocycles. The summed E-state index contributed by atoms with van der Waals surface area (Å²) in [5.41, 5.74) is 13.7. The van der Waals surface area contributed by atoms with Crippen molar-refractivity contribution in [3.8, 4) is 11.3 Å². The van der Waals surface area contributed by atoms with Gasteiger partial charge in [0, 0.05) is 22.9 Å². The maximum absolute atomic E-state index is 5.93. The molecule has 0 bridgehead atoms. The molecule has 5 heteroatoms. The van der Waals surface area contributed by atoms with Crippen LogP contribution in [0.2, 0.25) is 0 Å². The lowest BCUT2D eigenvalue weighted by molar-refractivity contribution is 0.920. The summed E-state index contributed by atoms with van der Waals surface area (Å²) in [4.78, 5) is 9.51. The van der Waals surface area contributed by atoms with E-state index in [-0.39, 0.29) is 5.95 Å². The smallest absolute Gasteiger partial charge is 0.238 e. The second-order valence-electron chi connectivity index (χ2n) is 6.19. The minimum Gasteiger partial charge on any atom is -0.367 e. The molecule has 0 saturated heterocycles. The lowest BCUT2D eigenvalue weighted by Crippen LogP contribution is -2.06. The third-order valence-electron chi connectivity index (χ3n) is 4.47. The van der Waals surface area contributed by atoms with Crippen LogP contribution in [0.4, 0.5) is 11.6 Å². The molecule has 0 spiro atoms. The second-order valence-corrected chi connectivity index (χ2v) is 6.19. The molecule has 4 aromatic rings. The number of rotatable bonds is 1. The van der Waals surface area contributed by atoms with E-state index in [1.54, 1.807) is 4.52 Å². The number of hydrogen-bond acceptors (Lipinski definition) is 4. The van der Waals surface area contributed by atoms with E-state index < -0.39 is 0 Å².